The van der Waals surface area contributed by atoms with Gasteiger partial charge in [-0.25, -0.2) is 4.79 Å². The summed E-state index contributed by atoms with van der Waals surface area (Å²) in [5.74, 6) is 0.869. The van der Waals surface area contributed by atoms with Crippen molar-refractivity contribution in [2.75, 3.05) is 6.61 Å². The minimum absolute atomic E-state index is 0.161. The standard InChI is InChI=1S/C18H31NO2/c1-2-21-18(20)16(13-14-9-5-3-6-10-14)17(19)15-11-7-4-8-12-15/h14-15H,2-13,19H2,1H3. The highest BCUT2D eigenvalue weighted by Gasteiger charge is 2.26. The molecule has 0 atom stereocenters. The van der Waals surface area contributed by atoms with Crippen LogP contribution in [0.15, 0.2) is 11.3 Å². The molecule has 0 spiro atoms. The van der Waals surface area contributed by atoms with E-state index in [4.69, 9.17) is 10.5 Å². The van der Waals surface area contributed by atoms with Gasteiger partial charge in [0.15, 0.2) is 0 Å². The summed E-state index contributed by atoms with van der Waals surface area (Å²) in [6.07, 6.45) is 13.3. The first-order valence-corrected chi connectivity index (χ1v) is 8.88. The summed E-state index contributed by atoms with van der Waals surface area (Å²) < 4.78 is 5.28. The Morgan fingerprint density at radius 3 is 2.14 bits per heavy atom. The van der Waals surface area contributed by atoms with Crippen LogP contribution in [0.5, 0.6) is 0 Å². The number of hydrogen-bond acceptors (Lipinski definition) is 3. The first-order chi connectivity index (χ1) is 10.2. The van der Waals surface area contributed by atoms with E-state index >= 15 is 0 Å². The molecule has 3 heteroatoms. The van der Waals surface area contributed by atoms with Crippen molar-refractivity contribution in [1.82, 2.24) is 0 Å². The molecule has 2 rings (SSSR count). The van der Waals surface area contributed by atoms with Crippen LogP contribution in [0.1, 0.15) is 77.6 Å². The zero-order valence-electron chi connectivity index (χ0n) is 13.5. The van der Waals surface area contributed by atoms with E-state index in [2.05, 4.69) is 0 Å². The van der Waals surface area contributed by atoms with E-state index in [0.717, 1.165) is 30.5 Å². The van der Waals surface area contributed by atoms with Gasteiger partial charge in [-0.2, -0.15) is 0 Å². The minimum Gasteiger partial charge on any atom is -0.463 e. The van der Waals surface area contributed by atoms with Gasteiger partial charge < -0.3 is 10.5 Å². The van der Waals surface area contributed by atoms with Crippen LogP contribution in [-0.4, -0.2) is 12.6 Å². The van der Waals surface area contributed by atoms with Crippen LogP contribution in [-0.2, 0) is 9.53 Å². The van der Waals surface area contributed by atoms with E-state index in [1.165, 1.54) is 51.4 Å². The highest BCUT2D eigenvalue weighted by Crippen LogP contribution is 2.34. The largest absolute Gasteiger partial charge is 0.463 e. The lowest BCUT2D eigenvalue weighted by molar-refractivity contribution is -0.139. The van der Waals surface area contributed by atoms with Crippen molar-refractivity contribution in [3.63, 3.8) is 0 Å². The normalized spacial score (nSPS) is 22.7. The van der Waals surface area contributed by atoms with Gasteiger partial charge in [-0.15, -0.1) is 0 Å². The summed E-state index contributed by atoms with van der Waals surface area (Å²) in [5, 5.41) is 0. The summed E-state index contributed by atoms with van der Waals surface area (Å²) in [4.78, 5) is 12.3. The Labute approximate surface area is 129 Å². The van der Waals surface area contributed by atoms with Crippen LogP contribution in [0.4, 0.5) is 0 Å². The Kier molecular flexibility index (Phi) is 6.59. The van der Waals surface area contributed by atoms with E-state index < -0.39 is 0 Å². The second-order valence-electron chi connectivity index (χ2n) is 6.70. The van der Waals surface area contributed by atoms with Gasteiger partial charge in [0.05, 0.1) is 12.2 Å². The number of esters is 1. The third-order valence-corrected chi connectivity index (χ3v) is 5.13. The van der Waals surface area contributed by atoms with E-state index in [0.29, 0.717) is 18.4 Å². The molecule has 0 unspecified atom stereocenters. The molecule has 3 nitrogen and oxygen atoms in total. The maximum Gasteiger partial charge on any atom is 0.335 e. The van der Waals surface area contributed by atoms with Gasteiger partial charge in [0.1, 0.15) is 0 Å². The summed E-state index contributed by atoms with van der Waals surface area (Å²) in [6.45, 7) is 2.30. The maximum atomic E-state index is 12.3. The van der Waals surface area contributed by atoms with Gasteiger partial charge in [-0.05, 0) is 38.0 Å². The fourth-order valence-electron chi connectivity index (χ4n) is 3.88. The Morgan fingerprint density at radius 2 is 1.57 bits per heavy atom. The molecule has 2 aliphatic carbocycles. The lowest BCUT2D eigenvalue weighted by atomic mass is 9.81. The summed E-state index contributed by atoms with van der Waals surface area (Å²) in [5.41, 5.74) is 8.07. The number of ether oxygens (including phenoxy) is 1. The van der Waals surface area contributed by atoms with Crippen molar-refractivity contribution < 1.29 is 9.53 Å². The SMILES string of the molecule is CCOC(=O)C(CC1CCCCC1)=C(N)C1CCCCC1. The summed E-state index contributed by atoms with van der Waals surface area (Å²) >= 11 is 0. The fourth-order valence-corrected chi connectivity index (χ4v) is 3.88. The Bertz CT molecular complexity index is 363. The molecule has 0 aromatic carbocycles. The highest BCUT2D eigenvalue weighted by atomic mass is 16.5. The number of allylic oxidation sites excluding steroid dienone is 1. The van der Waals surface area contributed by atoms with Crippen LogP contribution >= 0.6 is 0 Å². The van der Waals surface area contributed by atoms with Crippen molar-refractivity contribution in [3.05, 3.63) is 11.3 Å². The van der Waals surface area contributed by atoms with Crippen molar-refractivity contribution in [3.8, 4) is 0 Å². The molecule has 2 saturated carbocycles. The topological polar surface area (TPSA) is 52.3 Å². The average molecular weight is 293 g/mol. The smallest absolute Gasteiger partial charge is 0.335 e. The van der Waals surface area contributed by atoms with Gasteiger partial charge >= 0.3 is 5.97 Å². The average Bonchev–Trinajstić information content (AvgIpc) is 2.54. The van der Waals surface area contributed by atoms with Crippen LogP contribution in [0, 0.1) is 11.8 Å². The minimum atomic E-state index is -0.161. The van der Waals surface area contributed by atoms with Gasteiger partial charge in [0.25, 0.3) is 0 Å². The van der Waals surface area contributed by atoms with Crippen LogP contribution in [0.2, 0.25) is 0 Å². The fraction of sp³-hybridized carbons (Fsp3) is 0.833. The Balaban J connectivity index is 2.10. The third kappa shape index (κ3) is 4.76. The molecule has 120 valence electrons. The van der Waals surface area contributed by atoms with Gasteiger partial charge in [0.2, 0.25) is 0 Å². The predicted octanol–water partition coefficient (Wildman–Crippen LogP) is 4.31. The molecule has 0 bridgehead atoms. The molecular weight excluding hydrogens is 262 g/mol. The van der Waals surface area contributed by atoms with Crippen molar-refractivity contribution in [1.29, 1.82) is 0 Å². The van der Waals surface area contributed by atoms with E-state index in [1.54, 1.807) is 0 Å². The molecular formula is C18H31NO2. The van der Waals surface area contributed by atoms with Crippen LogP contribution in [0.3, 0.4) is 0 Å². The molecule has 21 heavy (non-hydrogen) atoms. The molecule has 0 aromatic heterocycles. The zero-order chi connectivity index (χ0) is 15.1. The molecule has 2 fully saturated rings. The molecule has 0 heterocycles. The number of hydrogen-bond donors (Lipinski definition) is 1. The van der Waals surface area contributed by atoms with Crippen LogP contribution in [0.25, 0.3) is 0 Å². The van der Waals surface area contributed by atoms with Gasteiger partial charge in [-0.1, -0.05) is 51.4 Å². The molecule has 0 saturated heterocycles. The second kappa shape index (κ2) is 8.45. The maximum absolute atomic E-state index is 12.3. The van der Waals surface area contributed by atoms with Gasteiger partial charge in [0, 0.05) is 5.70 Å². The monoisotopic (exact) mass is 293 g/mol. The van der Waals surface area contributed by atoms with E-state index in [-0.39, 0.29) is 5.97 Å². The predicted molar refractivity (Wildman–Crippen MR) is 85.6 cm³/mol. The molecule has 0 amide bonds. The van der Waals surface area contributed by atoms with Crippen molar-refractivity contribution in [2.45, 2.75) is 77.6 Å². The number of nitrogens with two attached hydrogens (primary N) is 1. The lowest BCUT2D eigenvalue weighted by Crippen LogP contribution is -2.24. The zero-order valence-corrected chi connectivity index (χ0v) is 13.5. The first-order valence-electron chi connectivity index (χ1n) is 8.88. The number of carbonyl (C=O) groups excluding carboxylic acids is 1. The first kappa shape index (κ1) is 16.4. The molecule has 0 radical (unpaired) electrons. The summed E-state index contributed by atoms with van der Waals surface area (Å²) in [7, 11) is 0. The second-order valence-corrected chi connectivity index (χ2v) is 6.70. The Morgan fingerprint density at radius 1 is 1.00 bits per heavy atom. The van der Waals surface area contributed by atoms with E-state index in [1.807, 2.05) is 6.92 Å². The molecule has 0 aliphatic heterocycles. The molecule has 2 aliphatic rings. The third-order valence-electron chi connectivity index (χ3n) is 5.13. The highest BCUT2D eigenvalue weighted by molar-refractivity contribution is 5.89. The number of carbonyl (C=O) groups is 1. The van der Waals surface area contributed by atoms with Crippen LogP contribution < -0.4 is 5.73 Å². The van der Waals surface area contributed by atoms with E-state index in [9.17, 15) is 4.79 Å². The van der Waals surface area contributed by atoms with Crippen molar-refractivity contribution >= 4 is 5.97 Å². The molecule has 2 N–H and O–H groups in total. The summed E-state index contributed by atoms with van der Waals surface area (Å²) in [6, 6.07) is 0. The number of rotatable bonds is 5. The Hall–Kier alpha value is -0.990. The van der Waals surface area contributed by atoms with Gasteiger partial charge in [-0.3, -0.25) is 0 Å². The lowest BCUT2D eigenvalue weighted by Gasteiger charge is -2.27. The molecule has 0 aromatic rings. The quantitative estimate of drug-likeness (QED) is 0.607. The van der Waals surface area contributed by atoms with Crippen molar-refractivity contribution in [2.24, 2.45) is 17.6 Å².